The number of hydrogen-bond donors (Lipinski definition) is 5. The fourth-order valence-corrected chi connectivity index (χ4v) is 9.65. The molecule has 17 nitrogen and oxygen atoms in total. The van der Waals surface area contributed by atoms with Crippen LogP contribution in [0.3, 0.4) is 0 Å². The second-order valence-corrected chi connectivity index (χ2v) is 20.9. The minimum atomic E-state index is -0.446. The lowest BCUT2D eigenvalue weighted by atomic mass is 10.00. The van der Waals surface area contributed by atoms with E-state index in [1.807, 2.05) is 87.5 Å². The summed E-state index contributed by atoms with van der Waals surface area (Å²) in [5.41, 5.74) is 22.9. The second kappa shape index (κ2) is 29.0. The van der Waals surface area contributed by atoms with E-state index in [0.29, 0.717) is 37.8 Å². The highest BCUT2D eigenvalue weighted by Gasteiger charge is 2.11. The van der Waals surface area contributed by atoms with Gasteiger partial charge in [0.1, 0.15) is 17.5 Å². The lowest BCUT2D eigenvalue weighted by Gasteiger charge is -2.09. The fourth-order valence-electron chi connectivity index (χ4n) is 9.65. The molecule has 0 aliphatic carbocycles. The molecule has 8 aromatic carbocycles. The van der Waals surface area contributed by atoms with Crippen molar-refractivity contribution in [2.45, 2.75) is 81.6 Å². The molecule has 0 aliphatic heterocycles. The van der Waals surface area contributed by atoms with Crippen molar-refractivity contribution in [3.05, 3.63) is 288 Å². The number of carbonyl (C=O) groups is 2. The largest absolute Gasteiger partial charge is 0.345 e. The fraction of sp³-hybridized carbons (Fsp3) is 0.188. The van der Waals surface area contributed by atoms with Crippen LogP contribution in [0.2, 0.25) is 0 Å². The summed E-state index contributed by atoms with van der Waals surface area (Å²) in [6.45, 7) is 17.2. The Balaban J connectivity index is 0.000000149. The number of nitrogens with one attached hydrogen (secondary N) is 5. The van der Waals surface area contributed by atoms with Crippen LogP contribution in [0, 0.1) is 48.5 Å². The lowest BCUT2D eigenvalue weighted by molar-refractivity contribution is -0.119. The minimum Gasteiger partial charge on any atom is -0.333 e. The molecule has 11 aromatic rings. The van der Waals surface area contributed by atoms with Crippen molar-refractivity contribution in [2.24, 2.45) is 7.05 Å². The van der Waals surface area contributed by atoms with Crippen LogP contribution in [0.1, 0.15) is 68.9 Å². The van der Waals surface area contributed by atoms with E-state index in [4.69, 9.17) is 0 Å². The van der Waals surface area contributed by atoms with Gasteiger partial charge in [-0.15, -0.1) is 0 Å². The van der Waals surface area contributed by atoms with Gasteiger partial charge in [-0.1, -0.05) is 194 Å². The van der Waals surface area contributed by atoms with Gasteiger partial charge < -0.3 is 5.32 Å². The molecule has 11 rings (SSSR count). The number of urea groups is 1. The first kappa shape index (κ1) is 61.4. The Bertz CT molecular complexity index is 4100. The van der Waals surface area contributed by atoms with Crippen LogP contribution >= 0.6 is 0 Å². The Labute approximate surface area is 500 Å². The number of hydrogen-bond acceptors (Lipinski definition) is 8. The molecule has 0 bridgehead atoms. The summed E-state index contributed by atoms with van der Waals surface area (Å²) in [7, 11) is 1.67. The predicted octanol–water partition coefficient (Wildman–Crippen LogP) is 11.2. The Morgan fingerprint density at radius 1 is 0.407 bits per heavy atom. The quantitative estimate of drug-likeness (QED) is 0.0741. The number of aromatic amines is 2. The average molecular weight is 1150 g/mol. The first-order valence-corrected chi connectivity index (χ1v) is 28.2. The third kappa shape index (κ3) is 16.3. The Kier molecular flexibility index (Phi) is 20.7. The van der Waals surface area contributed by atoms with E-state index < -0.39 is 6.03 Å². The van der Waals surface area contributed by atoms with Crippen LogP contribution in [0.25, 0.3) is 44.5 Å². The van der Waals surface area contributed by atoms with Gasteiger partial charge in [0, 0.05) is 20.5 Å². The molecule has 86 heavy (non-hydrogen) atoms. The summed E-state index contributed by atoms with van der Waals surface area (Å²) in [5, 5.41) is 19.6. The predicted molar refractivity (Wildman–Crippen MR) is 340 cm³/mol. The summed E-state index contributed by atoms with van der Waals surface area (Å²) >= 11 is 0. The van der Waals surface area contributed by atoms with E-state index >= 15 is 0 Å². The standard InChI is InChI=1S/C18H19N3O.C17H19N3O2.2C17H17N3O/c1-13-6-4-5-7-17(13)16-10-8-15(9-11-16)12-21-14(2)19-20(3)18(21)22;1-12-5-3-4-6-16(12)15-9-7-14(8-10-15)11-18-17(22)20-19-13(2)21;2*1-12-5-3-4-6-16(12)15-9-7-14(8-10-15)11-20-13(2)18-19-17(20)21/h4-11H,12H2,1-3H3;3-10H,11H2,1-2H3,(H,19,21)(H2,18,20,22);2*3-10H,11H2,1-2H3,(H,19,21). The molecule has 438 valence electrons. The number of hydrazine groups is 1. The molecule has 0 atom stereocenters. The molecule has 0 radical (unpaired) electrons. The Morgan fingerprint density at radius 2 is 0.721 bits per heavy atom. The van der Waals surface area contributed by atoms with Gasteiger partial charge in [-0.05, 0) is 137 Å². The molecule has 0 aliphatic rings. The molecule has 3 aromatic heterocycles. The zero-order valence-electron chi connectivity index (χ0n) is 50.0. The molecule has 5 N–H and O–H groups in total. The number of carbonyl (C=O) groups excluding carboxylic acids is 2. The summed E-state index contributed by atoms with van der Waals surface area (Å²) in [6, 6.07) is 65.7. The third-order valence-corrected chi connectivity index (χ3v) is 14.6. The number of benzene rings is 8. The first-order valence-electron chi connectivity index (χ1n) is 28.2. The van der Waals surface area contributed by atoms with Crippen LogP contribution in [0.4, 0.5) is 4.79 Å². The second-order valence-electron chi connectivity index (χ2n) is 20.9. The van der Waals surface area contributed by atoms with Crippen molar-refractivity contribution in [1.82, 2.24) is 60.0 Å². The van der Waals surface area contributed by atoms with Crippen molar-refractivity contribution in [2.75, 3.05) is 0 Å². The van der Waals surface area contributed by atoms with Gasteiger partial charge in [0.25, 0.3) is 0 Å². The molecule has 0 saturated carbocycles. The number of amides is 3. The van der Waals surface area contributed by atoms with Crippen LogP contribution in [0.5, 0.6) is 0 Å². The van der Waals surface area contributed by atoms with Gasteiger partial charge in [0.15, 0.2) is 0 Å². The molecule has 0 unspecified atom stereocenters. The normalized spacial score (nSPS) is 10.6. The molecule has 0 spiro atoms. The summed E-state index contributed by atoms with van der Waals surface area (Å²) in [6.07, 6.45) is 0. The molecular formula is C69H72N12O5. The number of H-pyrrole nitrogens is 2. The topological polar surface area (TPSA) is 211 Å². The molecule has 0 saturated heterocycles. The van der Waals surface area contributed by atoms with Gasteiger partial charge in [0.2, 0.25) is 5.91 Å². The number of aromatic nitrogens is 9. The van der Waals surface area contributed by atoms with Crippen molar-refractivity contribution in [1.29, 1.82) is 0 Å². The zero-order valence-corrected chi connectivity index (χ0v) is 50.0. The van der Waals surface area contributed by atoms with Crippen molar-refractivity contribution < 1.29 is 9.59 Å². The van der Waals surface area contributed by atoms with Gasteiger partial charge in [-0.3, -0.25) is 23.9 Å². The number of nitrogens with zero attached hydrogens (tertiary/aromatic N) is 7. The van der Waals surface area contributed by atoms with Gasteiger partial charge >= 0.3 is 23.1 Å². The maximum Gasteiger partial charge on any atom is 0.345 e. The van der Waals surface area contributed by atoms with Crippen molar-refractivity contribution in [3.8, 4) is 44.5 Å². The molecular weight excluding hydrogens is 1080 g/mol. The lowest BCUT2D eigenvalue weighted by Crippen LogP contribution is -2.45. The molecule has 17 heteroatoms. The smallest absolute Gasteiger partial charge is 0.333 e. The van der Waals surface area contributed by atoms with E-state index in [1.54, 1.807) is 20.7 Å². The van der Waals surface area contributed by atoms with Crippen LogP contribution in [-0.2, 0) is 38.0 Å². The Morgan fingerprint density at radius 3 is 1.00 bits per heavy atom. The average Bonchev–Trinajstić information content (AvgIpc) is 4.26. The molecule has 3 amide bonds. The van der Waals surface area contributed by atoms with E-state index in [1.165, 1.54) is 72.8 Å². The maximum absolute atomic E-state index is 12.0. The van der Waals surface area contributed by atoms with Gasteiger partial charge in [-0.2, -0.15) is 15.3 Å². The zero-order chi connectivity index (χ0) is 61.3. The van der Waals surface area contributed by atoms with Crippen molar-refractivity contribution >= 4 is 11.9 Å². The van der Waals surface area contributed by atoms with E-state index in [0.717, 1.165) is 33.6 Å². The highest BCUT2D eigenvalue weighted by Crippen LogP contribution is 2.27. The monoisotopic (exact) mass is 1150 g/mol. The van der Waals surface area contributed by atoms with E-state index in [9.17, 15) is 24.0 Å². The van der Waals surface area contributed by atoms with Crippen LogP contribution in [-0.4, -0.2) is 55.8 Å². The molecule has 0 fully saturated rings. The minimum absolute atomic E-state index is 0.0829. The molecule has 3 heterocycles. The van der Waals surface area contributed by atoms with E-state index in [-0.39, 0.29) is 23.0 Å². The van der Waals surface area contributed by atoms with E-state index in [2.05, 4.69) is 197 Å². The van der Waals surface area contributed by atoms with Crippen LogP contribution in [0.15, 0.2) is 209 Å². The van der Waals surface area contributed by atoms with Gasteiger partial charge in [0.05, 0.1) is 19.6 Å². The van der Waals surface area contributed by atoms with Crippen molar-refractivity contribution in [3.63, 3.8) is 0 Å². The summed E-state index contributed by atoms with van der Waals surface area (Å²) in [4.78, 5) is 57.3. The summed E-state index contributed by atoms with van der Waals surface area (Å²) < 4.78 is 6.31. The third-order valence-electron chi connectivity index (χ3n) is 14.6. The Hall–Kier alpha value is -10.7. The number of rotatable bonds is 12. The van der Waals surface area contributed by atoms with Gasteiger partial charge in [-0.25, -0.2) is 39.5 Å². The number of aryl methyl sites for hydroxylation is 8. The highest BCUT2D eigenvalue weighted by atomic mass is 16.2. The SMILES string of the molecule is CC(=O)NNC(=O)NCc1ccc(-c2ccccc2C)cc1.Cc1ccccc1-c1ccc(Cn2c(C)n[nH]c2=O)cc1.Cc1ccccc1-c1ccc(Cn2c(C)n[nH]c2=O)cc1.Cc1ccccc1-c1ccc(Cn2c(C)nn(C)c2=O)cc1. The summed E-state index contributed by atoms with van der Waals surface area (Å²) in [5.74, 6) is 1.80. The van der Waals surface area contributed by atoms with Crippen LogP contribution < -0.4 is 33.2 Å². The highest BCUT2D eigenvalue weighted by molar-refractivity contribution is 5.79. The maximum atomic E-state index is 12.0. The first-order chi connectivity index (χ1) is 41.4.